The van der Waals surface area contributed by atoms with Gasteiger partial charge in [0, 0.05) is 32.1 Å². The summed E-state index contributed by atoms with van der Waals surface area (Å²) in [6.07, 6.45) is -5.63. The van der Waals surface area contributed by atoms with Gasteiger partial charge in [-0.1, -0.05) is 32.0 Å². The number of ketones is 1. The molecule has 0 bridgehead atoms. The first-order valence-electron chi connectivity index (χ1n) is 12.0. The highest BCUT2D eigenvalue weighted by Gasteiger charge is 2.37. The van der Waals surface area contributed by atoms with Crippen molar-refractivity contribution in [3.8, 4) is 0 Å². The Bertz CT molecular complexity index is 910. The summed E-state index contributed by atoms with van der Waals surface area (Å²) >= 11 is 0. The number of Topliss-reactive ketones (excluding diaryl/α,β-unsaturated/α-hetero) is 1. The summed E-state index contributed by atoms with van der Waals surface area (Å²) in [7, 11) is 0. The molecule has 1 aliphatic rings. The quantitative estimate of drug-likeness (QED) is 0.288. The van der Waals surface area contributed by atoms with E-state index < -0.39 is 47.8 Å². The molecule has 0 spiro atoms. The average Bonchev–Trinajstić information content (AvgIpc) is 2.81. The third-order valence-electron chi connectivity index (χ3n) is 6.10. The molecule has 1 aromatic carbocycles. The molecule has 36 heavy (non-hydrogen) atoms. The maximum atomic E-state index is 13.5. The Hall–Kier alpha value is -2.54. The van der Waals surface area contributed by atoms with E-state index in [2.05, 4.69) is 16.0 Å². The SMILES string of the molecule is CC(C)C(=O)[C@H](CCN)NC(=O)[C@@H](NC(=O)[C@@H]1CNCCN1Cc1ccccc1C(F)(F)F)[C@H](C)O. The Morgan fingerprint density at radius 3 is 2.44 bits per heavy atom. The van der Waals surface area contributed by atoms with Gasteiger partial charge in [0.2, 0.25) is 11.8 Å². The molecule has 0 aromatic heterocycles. The van der Waals surface area contributed by atoms with Crippen molar-refractivity contribution >= 4 is 17.6 Å². The van der Waals surface area contributed by atoms with Gasteiger partial charge < -0.3 is 26.8 Å². The minimum Gasteiger partial charge on any atom is -0.391 e. The zero-order valence-corrected chi connectivity index (χ0v) is 20.8. The van der Waals surface area contributed by atoms with Crippen LogP contribution in [0, 0.1) is 5.92 Å². The lowest BCUT2D eigenvalue weighted by Gasteiger charge is -2.36. The third kappa shape index (κ3) is 7.99. The van der Waals surface area contributed by atoms with E-state index in [0.29, 0.717) is 13.1 Å². The summed E-state index contributed by atoms with van der Waals surface area (Å²) in [5.41, 5.74) is 4.83. The van der Waals surface area contributed by atoms with Crippen LogP contribution in [0.4, 0.5) is 13.2 Å². The van der Waals surface area contributed by atoms with Crippen LogP contribution in [0.25, 0.3) is 0 Å². The summed E-state index contributed by atoms with van der Waals surface area (Å²) in [5, 5.41) is 18.3. The molecule has 1 aliphatic heterocycles. The van der Waals surface area contributed by atoms with Crippen LogP contribution in [-0.4, -0.2) is 78.0 Å². The zero-order chi connectivity index (χ0) is 27.0. The first kappa shape index (κ1) is 29.7. The van der Waals surface area contributed by atoms with Crippen LogP contribution in [0.5, 0.6) is 0 Å². The second-order valence-corrected chi connectivity index (χ2v) is 9.27. The number of alkyl halides is 3. The van der Waals surface area contributed by atoms with Crippen LogP contribution < -0.4 is 21.7 Å². The molecule has 6 N–H and O–H groups in total. The molecule has 12 heteroatoms. The largest absolute Gasteiger partial charge is 0.416 e. The Kier molecular flexibility index (Phi) is 10.8. The molecule has 1 saturated heterocycles. The number of amides is 2. The Labute approximate surface area is 209 Å². The molecular formula is C24H36F3N5O4. The first-order chi connectivity index (χ1) is 16.9. The summed E-state index contributed by atoms with van der Waals surface area (Å²) in [5.74, 6) is -1.96. The molecule has 4 atom stereocenters. The van der Waals surface area contributed by atoms with Crippen molar-refractivity contribution in [3.63, 3.8) is 0 Å². The highest BCUT2D eigenvalue weighted by atomic mass is 19.4. The van der Waals surface area contributed by atoms with Crippen molar-refractivity contribution in [3.05, 3.63) is 35.4 Å². The number of rotatable bonds is 11. The van der Waals surface area contributed by atoms with Gasteiger partial charge in [0.25, 0.3) is 0 Å². The number of hydrogen-bond donors (Lipinski definition) is 5. The number of nitrogens with one attached hydrogen (secondary N) is 3. The van der Waals surface area contributed by atoms with E-state index in [9.17, 15) is 32.7 Å². The maximum Gasteiger partial charge on any atom is 0.416 e. The summed E-state index contributed by atoms with van der Waals surface area (Å²) in [4.78, 5) is 40.1. The third-order valence-corrected chi connectivity index (χ3v) is 6.10. The van der Waals surface area contributed by atoms with Gasteiger partial charge in [0.1, 0.15) is 12.1 Å². The van der Waals surface area contributed by atoms with E-state index in [4.69, 9.17) is 5.73 Å². The molecule has 0 radical (unpaired) electrons. The van der Waals surface area contributed by atoms with Crippen molar-refractivity contribution in [1.82, 2.24) is 20.9 Å². The number of benzene rings is 1. The number of piperazine rings is 1. The van der Waals surface area contributed by atoms with Crippen LogP contribution in [-0.2, 0) is 27.1 Å². The van der Waals surface area contributed by atoms with Crippen LogP contribution in [0.3, 0.4) is 0 Å². The van der Waals surface area contributed by atoms with Crippen molar-refractivity contribution in [1.29, 1.82) is 0 Å². The van der Waals surface area contributed by atoms with Crippen LogP contribution in [0.2, 0.25) is 0 Å². The lowest BCUT2D eigenvalue weighted by Crippen LogP contribution is -2.62. The normalized spacial score (nSPS) is 19.4. The number of nitrogens with zero attached hydrogens (tertiary/aromatic N) is 1. The number of hydrogen-bond acceptors (Lipinski definition) is 7. The van der Waals surface area contributed by atoms with E-state index in [1.54, 1.807) is 18.7 Å². The average molecular weight is 516 g/mol. The number of carbonyl (C=O) groups is 3. The fraction of sp³-hybridized carbons (Fsp3) is 0.625. The van der Waals surface area contributed by atoms with Gasteiger partial charge in [0.05, 0.1) is 17.7 Å². The van der Waals surface area contributed by atoms with E-state index in [0.717, 1.165) is 6.07 Å². The predicted molar refractivity (Wildman–Crippen MR) is 128 cm³/mol. The first-order valence-corrected chi connectivity index (χ1v) is 12.0. The molecule has 202 valence electrons. The second-order valence-electron chi connectivity index (χ2n) is 9.27. The van der Waals surface area contributed by atoms with Gasteiger partial charge in [-0.25, -0.2) is 0 Å². The van der Waals surface area contributed by atoms with Crippen LogP contribution >= 0.6 is 0 Å². The number of carbonyl (C=O) groups excluding carboxylic acids is 3. The molecule has 0 unspecified atom stereocenters. The second kappa shape index (κ2) is 13.1. The van der Waals surface area contributed by atoms with E-state index in [1.165, 1.54) is 25.1 Å². The molecule has 2 rings (SSSR count). The molecule has 0 saturated carbocycles. The van der Waals surface area contributed by atoms with E-state index in [1.807, 2.05) is 0 Å². The number of aliphatic hydroxyl groups is 1. The minimum atomic E-state index is -4.54. The van der Waals surface area contributed by atoms with Gasteiger partial charge in [-0.05, 0) is 31.5 Å². The Morgan fingerprint density at radius 1 is 1.19 bits per heavy atom. The topological polar surface area (TPSA) is 137 Å². The predicted octanol–water partition coefficient (Wildman–Crippen LogP) is 0.404. The highest BCUT2D eigenvalue weighted by molar-refractivity contribution is 5.94. The standard InChI is InChI=1S/C24H36F3N5O4/c1-14(2)21(34)18(8-9-28)30-23(36)20(15(3)33)31-22(35)19-12-29-10-11-32(19)13-16-6-4-5-7-17(16)24(25,26)27/h4-7,14-15,18-20,29,33H,8-13,28H2,1-3H3,(H,30,36)(H,31,35)/t15-,18-,19-,20-/m0/s1. The fourth-order valence-corrected chi connectivity index (χ4v) is 4.12. The van der Waals surface area contributed by atoms with Crippen LogP contribution in [0.15, 0.2) is 24.3 Å². The maximum absolute atomic E-state index is 13.5. The van der Waals surface area contributed by atoms with Crippen molar-refractivity contribution < 1.29 is 32.7 Å². The van der Waals surface area contributed by atoms with Gasteiger partial charge in [-0.3, -0.25) is 19.3 Å². The molecule has 1 aromatic rings. The van der Waals surface area contributed by atoms with Crippen LogP contribution in [0.1, 0.15) is 38.3 Å². The van der Waals surface area contributed by atoms with Crippen molar-refractivity contribution in [2.75, 3.05) is 26.2 Å². The molecule has 9 nitrogen and oxygen atoms in total. The highest BCUT2D eigenvalue weighted by Crippen LogP contribution is 2.32. The molecule has 0 aliphatic carbocycles. The molecule has 2 amide bonds. The molecule has 1 fully saturated rings. The lowest BCUT2D eigenvalue weighted by atomic mass is 9.98. The van der Waals surface area contributed by atoms with E-state index >= 15 is 0 Å². The fourth-order valence-electron chi connectivity index (χ4n) is 4.12. The van der Waals surface area contributed by atoms with E-state index in [-0.39, 0.29) is 43.3 Å². The summed E-state index contributed by atoms with van der Waals surface area (Å²) < 4.78 is 40.4. The summed E-state index contributed by atoms with van der Waals surface area (Å²) in [6.45, 7) is 5.65. The zero-order valence-electron chi connectivity index (χ0n) is 20.8. The lowest BCUT2D eigenvalue weighted by molar-refractivity contribution is -0.139. The Morgan fingerprint density at radius 2 is 1.86 bits per heavy atom. The van der Waals surface area contributed by atoms with Gasteiger partial charge in [0.15, 0.2) is 5.78 Å². The van der Waals surface area contributed by atoms with Gasteiger partial charge in [-0.2, -0.15) is 13.2 Å². The van der Waals surface area contributed by atoms with Crippen molar-refractivity contribution in [2.45, 2.75) is 64.1 Å². The molecule has 1 heterocycles. The number of halogens is 3. The monoisotopic (exact) mass is 515 g/mol. The van der Waals surface area contributed by atoms with Gasteiger partial charge in [-0.15, -0.1) is 0 Å². The number of nitrogens with two attached hydrogens (primary N) is 1. The minimum absolute atomic E-state index is 0.0337. The summed E-state index contributed by atoms with van der Waals surface area (Å²) in [6, 6.07) is 2.06. The number of aliphatic hydroxyl groups excluding tert-OH is 1. The smallest absolute Gasteiger partial charge is 0.391 e. The Balaban J connectivity index is 2.18. The van der Waals surface area contributed by atoms with Crippen molar-refractivity contribution in [2.24, 2.45) is 11.7 Å². The molecular weight excluding hydrogens is 479 g/mol. The van der Waals surface area contributed by atoms with Gasteiger partial charge >= 0.3 is 6.18 Å².